The Hall–Kier alpha value is -1.38. The number of carboxylic acids is 1. The molecular formula is C20H36N4O4. The number of ether oxygens (including phenoxy) is 1. The van der Waals surface area contributed by atoms with Gasteiger partial charge in [-0.25, -0.2) is 4.79 Å². The molecule has 1 N–H and O–H groups in total. The van der Waals surface area contributed by atoms with Crippen LogP contribution in [0.25, 0.3) is 0 Å². The number of carbonyl (C=O) groups is 2. The number of cyclic esters (lactones) is 1. The van der Waals surface area contributed by atoms with Gasteiger partial charge in [0.25, 0.3) is 0 Å². The van der Waals surface area contributed by atoms with Gasteiger partial charge < -0.3 is 14.7 Å². The second-order valence-electron chi connectivity index (χ2n) is 9.48. The first-order valence-electron chi connectivity index (χ1n) is 10.6. The molecule has 0 aromatic carbocycles. The fourth-order valence-electron chi connectivity index (χ4n) is 4.53. The van der Waals surface area contributed by atoms with Crippen molar-refractivity contribution in [2.75, 3.05) is 65.4 Å². The number of carboxylic acid groups (broad SMARTS) is 1. The smallest absolute Gasteiger partial charge is 0.410 e. The van der Waals surface area contributed by atoms with Gasteiger partial charge in [-0.3, -0.25) is 19.5 Å². The first-order valence-corrected chi connectivity index (χ1v) is 10.6. The first kappa shape index (κ1) is 21.3. The molecule has 28 heavy (non-hydrogen) atoms. The van der Waals surface area contributed by atoms with E-state index in [1.54, 1.807) is 0 Å². The monoisotopic (exact) mass is 396 g/mol. The number of aliphatic carboxylic acids is 1. The SMILES string of the molecule is CC(C)(C)N1CCC(CN2CC(CN3CCN(CC(=O)O)CC3)OC2=O)CC1. The minimum atomic E-state index is -0.776. The number of rotatable bonds is 6. The van der Waals surface area contributed by atoms with E-state index in [0.29, 0.717) is 12.5 Å². The maximum Gasteiger partial charge on any atom is 0.410 e. The van der Waals surface area contributed by atoms with Crippen molar-refractivity contribution in [2.24, 2.45) is 5.92 Å². The Morgan fingerprint density at radius 1 is 1.04 bits per heavy atom. The zero-order chi connectivity index (χ0) is 20.3. The molecule has 0 bridgehead atoms. The van der Waals surface area contributed by atoms with Crippen molar-refractivity contribution in [3.8, 4) is 0 Å². The molecule has 8 nitrogen and oxygen atoms in total. The van der Waals surface area contributed by atoms with Crippen LogP contribution in [-0.2, 0) is 9.53 Å². The Bertz CT molecular complexity index is 549. The number of nitrogens with zero attached hydrogens (tertiary/aromatic N) is 4. The van der Waals surface area contributed by atoms with E-state index in [0.717, 1.165) is 65.2 Å². The summed E-state index contributed by atoms with van der Waals surface area (Å²) in [5, 5.41) is 8.89. The summed E-state index contributed by atoms with van der Waals surface area (Å²) in [6.07, 6.45) is 2.02. The highest BCUT2D eigenvalue weighted by atomic mass is 16.6. The number of amides is 1. The van der Waals surface area contributed by atoms with Crippen LogP contribution < -0.4 is 0 Å². The number of likely N-dealkylation sites (tertiary alicyclic amines) is 1. The molecule has 3 aliphatic rings. The minimum Gasteiger partial charge on any atom is -0.480 e. The third-order valence-electron chi connectivity index (χ3n) is 6.28. The van der Waals surface area contributed by atoms with Crippen molar-refractivity contribution in [2.45, 2.75) is 45.3 Å². The molecule has 1 amide bonds. The molecule has 0 saturated carbocycles. The average molecular weight is 397 g/mol. The number of hydrogen-bond donors (Lipinski definition) is 1. The predicted molar refractivity (Wildman–Crippen MR) is 106 cm³/mol. The molecule has 3 aliphatic heterocycles. The Kier molecular flexibility index (Phi) is 6.83. The summed E-state index contributed by atoms with van der Waals surface area (Å²) in [4.78, 5) is 31.8. The maximum absolute atomic E-state index is 12.3. The van der Waals surface area contributed by atoms with Crippen molar-refractivity contribution in [1.82, 2.24) is 19.6 Å². The van der Waals surface area contributed by atoms with Crippen LogP contribution in [0.4, 0.5) is 4.79 Å². The fraction of sp³-hybridized carbons (Fsp3) is 0.900. The predicted octanol–water partition coefficient (Wildman–Crippen LogP) is 1.02. The van der Waals surface area contributed by atoms with Gasteiger partial charge in [0, 0.05) is 44.8 Å². The van der Waals surface area contributed by atoms with Crippen molar-refractivity contribution >= 4 is 12.1 Å². The normalized spacial score (nSPS) is 26.6. The molecule has 0 aromatic rings. The molecule has 160 valence electrons. The van der Waals surface area contributed by atoms with Crippen LogP contribution >= 0.6 is 0 Å². The summed E-state index contributed by atoms with van der Waals surface area (Å²) in [5.41, 5.74) is 0.219. The summed E-state index contributed by atoms with van der Waals surface area (Å²) in [7, 11) is 0. The minimum absolute atomic E-state index is 0.0758. The van der Waals surface area contributed by atoms with E-state index in [1.165, 1.54) is 0 Å². The number of piperazine rings is 1. The zero-order valence-corrected chi connectivity index (χ0v) is 17.6. The fourth-order valence-corrected chi connectivity index (χ4v) is 4.53. The lowest BCUT2D eigenvalue weighted by molar-refractivity contribution is -0.138. The number of carbonyl (C=O) groups excluding carboxylic acids is 1. The molecule has 0 spiro atoms. The summed E-state index contributed by atoms with van der Waals surface area (Å²) < 4.78 is 5.61. The first-order chi connectivity index (χ1) is 13.2. The standard InChI is InChI=1S/C20H36N4O4/c1-20(2,3)24-6-4-16(5-7-24)12-23-14-17(28-19(23)27)13-21-8-10-22(11-9-21)15-18(25)26/h16-17H,4-15H2,1-3H3,(H,25,26). The lowest BCUT2D eigenvalue weighted by atomic mass is 9.92. The van der Waals surface area contributed by atoms with Gasteiger partial charge in [0.2, 0.25) is 0 Å². The van der Waals surface area contributed by atoms with Gasteiger partial charge in [-0.2, -0.15) is 0 Å². The molecule has 8 heteroatoms. The van der Waals surface area contributed by atoms with Gasteiger partial charge in [0.1, 0.15) is 6.10 Å². The lowest BCUT2D eigenvalue weighted by Gasteiger charge is -2.41. The molecule has 3 fully saturated rings. The third-order valence-corrected chi connectivity index (χ3v) is 6.28. The summed E-state index contributed by atoms with van der Waals surface area (Å²) >= 11 is 0. The van der Waals surface area contributed by atoms with Crippen molar-refractivity contribution in [3.63, 3.8) is 0 Å². The molecule has 1 unspecified atom stereocenters. The van der Waals surface area contributed by atoms with Crippen molar-refractivity contribution in [3.05, 3.63) is 0 Å². The van der Waals surface area contributed by atoms with E-state index in [4.69, 9.17) is 9.84 Å². The second-order valence-corrected chi connectivity index (χ2v) is 9.48. The van der Waals surface area contributed by atoms with Gasteiger partial charge in [0.05, 0.1) is 13.1 Å². The van der Waals surface area contributed by atoms with Crippen LogP contribution in [-0.4, -0.2) is 114 Å². The molecular weight excluding hydrogens is 360 g/mol. The molecule has 3 rings (SSSR count). The second kappa shape index (κ2) is 8.97. The highest BCUT2D eigenvalue weighted by Crippen LogP contribution is 2.26. The van der Waals surface area contributed by atoms with E-state index in [-0.39, 0.29) is 24.3 Å². The summed E-state index contributed by atoms with van der Waals surface area (Å²) in [5.74, 6) is -0.216. The average Bonchev–Trinajstić information content (AvgIpc) is 2.95. The van der Waals surface area contributed by atoms with E-state index in [9.17, 15) is 9.59 Å². The molecule has 0 radical (unpaired) electrons. The van der Waals surface area contributed by atoms with Gasteiger partial charge in [-0.15, -0.1) is 0 Å². The topological polar surface area (TPSA) is 76.6 Å². The Balaban J connectivity index is 1.38. The van der Waals surface area contributed by atoms with E-state index in [1.807, 2.05) is 9.80 Å². The summed E-state index contributed by atoms with van der Waals surface area (Å²) in [6, 6.07) is 0. The van der Waals surface area contributed by atoms with Gasteiger partial charge in [-0.05, 0) is 52.6 Å². The third kappa shape index (κ3) is 5.81. The van der Waals surface area contributed by atoms with Crippen LogP contribution in [0, 0.1) is 5.92 Å². The van der Waals surface area contributed by atoms with Crippen molar-refractivity contribution < 1.29 is 19.4 Å². The van der Waals surface area contributed by atoms with Crippen LogP contribution in [0.3, 0.4) is 0 Å². The maximum atomic E-state index is 12.3. The van der Waals surface area contributed by atoms with Crippen LogP contribution in [0.2, 0.25) is 0 Å². The Morgan fingerprint density at radius 2 is 1.64 bits per heavy atom. The van der Waals surface area contributed by atoms with Gasteiger partial charge in [-0.1, -0.05) is 0 Å². The lowest BCUT2D eigenvalue weighted by Crippen LogP contribution is -2.50. The molecule has 0 aliphatic carbocycles. The Labute approximate surface area is 168 Å². The van der Waals surface area contributed by atoms with Gasteiger partial charge in [0.15, 0.2) is 0 Å². The molecule has 0 aromatic heterocycles. The van der Waals surface area contributed by atoms with Crippen LogP contribution in [0.1, 0.15) is 33.6 Å². The highest BCUT2D eigenvalue weighted by Gasteiger charge is 2.35. The zero-order valence-electron chi connectivity index (χ0n) is 17.6. The quantitative estimate of drug-likeness (QED) is 0.718. The van der Waals surface area contributed by atoms with Crippen LogP contribution in [0.5, 0.6) is 0 Å². The Morgan fingerprint density at radius 3 is 2.21 bits per heavy atom. The highest BCUT2D eigenvalue weighted by molar-refractivity contribution is 5.70. The van der Waals surface area contributed by atoms with Gasteiger partial charge >= 0.3 is 12.1 Å². The summed E-state index contributed by atoms with van der Waals surface area (Å²) in [6.45, 7) is 14.5. The molecule has 3 saturated heterocycles. The largest absolute Gasteiger partial charge is 0.480 e. The van der Waals surface area contributed by atoms with E-state index in [2.05, 4.69) is 30.6 Å². The van der Waals surface area contributed by atoms with Crippen LogP contribution in [0.15, 0.2) is 0 Å². The number of hydrogen-bond acceptors (Lipinski definition) is 6. The molecule has 1 atom stereocenters. The van der Waals surface area contributed by atoms with Crippen molar-refractivity contribution in [1.29, 1.82) is 0 Å². The van der Waals surface area contributed by atoms with E-state index < -0.39 is 5.97 Å². The molecule has 3 heterocycles. The van der Waals surface area contributed by atoms with E-state index >= 15 is 0 Å². The number of piperidine rings is 1.